The summed E-state index contributed by atoms with van der Waals surface area (Å²) >= 11 is 4.59. The lowest BCUT2D eigenvalue weighted by molar-refractivity contribution is 1.48. The summed E-state index contributed by atoms with van der Waals surface area (Å²) in [6, 6.07) is 24.4. The molecule has 0 heterocycles. The van der Waals surface area contributed by atoms with Crippen LogP contribution in [0.5, 0.6) is 0 Å². The third-order valence-corrected chi connectivity index (χ3v) is 5.17. The van der Waals surface area contributed by atoms with Crippen LogP contribution in [0.3, 0.4) is 0 Å². The van der Waals surface area contributed by atoms with Crippen molar-refractivity contribution in [3.05, 3.63) is 91.1 Å². The first-order chi connectivity index (χ1) is 11.7. The molecule has 0 aromatic heterocycles. The molecule has 3 aromatic carbocycles. The Bertz CT molecular complexity index is 810. The number of hydrogen-bond donors (Lipinski definition) is 0. The summed E-state index contributed by atoms with van der Waals surface area (Å²) < 4.78 is 2.29. The molecule has 0 aliphatic heterocycles. The van der Waals surface area contributed by atoms with Gasteiger partial charge in [0.15, 0.2) is 0 Å². The quantitative estimate of drug-likeness (QED) is 0.273. The number of nitrogens with zero attached hydrogens (tertiary/aromatic N) is 2. The van der Waals surface area contributed by atoms with Crippen LogP contribution in [0.25, 0.3) is 0 Å². The monoisotopic (exact) mass is 536 g/mol. The van der Waals surface area contributed by atoms with Gasteiger partial charge in [-0.25, -0.2) is 0 Å². The van der Waals surface area contributed by atoms with Gasteiger partial charge in [-0.2, -0.15) is 0 Å². The van der Waals surface area contributed by atoms with Gasteiger partial charge in [0.05, 0.1) is 11.4 Å². The zero-order valence-corrected chi connectivity index (χ0v) is 17.0. The molecular formula is C20H14I2N2. The van der Waals surface area contributed by atoms with Crippen molar-refractivity contribution >= 4 is 69.0 Å². The fourth-order valence-electron chi connectivity index (χ4n) is 2.07. The summed E-state index contributed by atoms with van der Waals surface area (Å²) in [5.74, 6) is 0. The number of benzene rings is 3. The van der Waals surface area contributed by atoms with E-state index >= 15 is 0 Å². The second-order valence-electron chi connectivity index (χ2n) is 5.09. The molecule has 0 aliphatic carbocycles. The highest BCUT2D eigenvalue weighted by atomic mass is 127. The Kier molecular flexibility index (Phi) is 6.14. The van der Waals surface area contributed by atoms with Gasteiger partial charge in [-0.1, -0.05) is 48.5 Å². The van der Waals surface area contributed by atoms with Crippen LogP contribution in [0.1, 0.15) is 11.1 Å². The first-order valence-corrected chi connectivity index (χ1v) is 9.55. The largest absolute Gasteiger partial charge is 0.255 e. The summed E-state index contributed by atoms with van der Waals surface area (Å²) in [6.07, 6.45) is 3.77. The molecule has 0 amide bonds. The van der Waals surface area contributed by atoms with E-state index in [1.54, 1.807) is 0 Å². The highest BCUT2D eigenvalue weighted by molar-refractivity contribution is 14.1. The average Bonchev–Trinajstić information content (AvgIpc) is 2.61. The number of rotatable bonds is 4. The van der Waals surface area contributed by atoms with Crippen LogP contribution in [0.2, 0.25) is 0 Å². The van der Waals surface area contributed by atoms with E-state index in [9.17, 15) is 0 Å². The summed E-state index contributed by atoms with van der Waals surface area (Å²) in [4.78, 5) is 9.09. The van der Waals surface area contributed by atoms with Crippen molar-refractivity contribution in [3.63, 3.8) is 0 Å². The minimum atomic E-state index is 0.988. The van der Waals surface area contributed by atoms with E-state index in [4.69, 9.17) is 0 Å². The number of para-hydroxylation sites is 2. The summed E-state index contributed by atoms with van der Waals surface area (Å²) in [7, 11) is 0. The van der Waals surface area contributed by atoms with Crippen LogP contribution in [-0.4, -0.2) is 12.4 Å². The number of hydrogen-bond acceptors (Lipinski definition) is 2. The van der Waals surface area contributed by atoms with Crippen molar-refractivity contribution in [2.75, 3.05) is 0 Å². The Morgan fingerprint density at radius 3 is 1.29 bits per heavy atom. The van der Waals surface area contributed by atoms with Crippen LogP contribution in [0.15, 0.2) is 82.8 Å². The molecule has 0 saturated heterocycles. The van der Waals surface area contributed by atoms with Crippen molar-refractivity contribution < 1.29 is 0 Å². The van der Waals surface area contributed by atoms with Gasteiger partial charge >= 0.3 is 0 Å². The van der Waals surface area contributed by atoms with E-state index in [0.29, 0.717) is 0 Å². The van der Waals surface area contributed by atoms with E-state index < -0.39 is 0 Å². The van der Waals surface area contributed by atoms with Crippen LogP contribution < -0.4 is 0 Å². The lowest BCUT2D eigenvalue weighted by atomic mass is 10.1. The Hall–Kier alpha value is -1.54. The van der Waals surface area contributed by atoms with Crippen LogP contribution >= 0.6 is 45.2 Å². The molecule has 3 aromatic rings. The van der Waals surface area contributed by atoms with E-state index in [-0.39, 0.29) is 0 Å². The van der Waals surface area contributed by atoms with Crippen molar-refractivity contribution in [1.29, 1.82) is 0 Å². The summed E-state index contributed by atoms with van der Waals surface area (Å²) in [5, 5.41) is 0. The van der Waals surface area contributed by atoms with Crippen molar-refractivity contribution in [3.8, 4) is 0 Å². The maximum absolute atomic E-state index is 4.54. The molecule has 118 valence electrons. The van der Waals surface area contributed by atoms with Crippen molar-refractivity contribution in [2.24, 2.45) is 9.98 Å². The third-order valence-electron chi connectivity index (χ3n) is 3.35. The molecule has 0 N–H and O–H groups in total. The van der Waals surface area contributed by atoms with E-state index in [2.05, 4.69) is 91.6 Å². The first kappa shape index (κ1) is 17.3. The Labute approximate surface area is 169 Å². The molecule has 24 heavy (non-hydrogen) atoms. The smallest absolute Gasteiger partial charge is 0.0763 e. The predicted molar refractivity (Wildman–Crippen MR) is 119 cm³/mol. The van der Waals surface area contributed by atoms with Gasteiger partial charge in [-0.05, 0) is 80.6 Å². The van der Waals surface area contributed by atoms with Gasteiger partial charge in [0, 0.05) is 19.6 Å². The Morgan fingerprint density at radius 1 is 0.542 bits per heavy atom. The topological polar surface area (TPSA) is 24.7 Å². The van der Waals surface area contributed by atoms with Crippen molar-refractivity contribution in [2.45, 2.75) is 0 Å². The van der Waals surface area contributed by atoms with Crippen LogP contribution in [0, 0.1) is 7.14 Å². The van der Waals surface area contributed by atoms with E-state index in [0.717, 1.165) is 29.6 Å². The maximum atomic E-state index is 4.54. The molecule has 4 heteroatoms. The predicted octanol–water partition coefficient (Wildman–Crippen LogP) is 6.40. The molecule has 0 bridgehead atoms. The summed E-state index contributed by atoms with van der Waals surface area (Å²) in [5.41, 5.74) is 4.12. The van der Waals surface area contributed by atoms with Crippen LogP contribution in [0.4, 0.5) is 11.4 Å². The Morgan fingerprint density at radius 2 is 0.917 bits per heavy atom. The fraction of sp³-hybridized carbons (Fsp3) is 0. The normalized spacial score (nSPS) is 11.4. The Balaban J connectivity index is 1.72. The molecular weight excluding hydrogens is 522 g/mol. The van der Waals surface area contributed by atoms with Gasteiger partial charge in [0.2, 0.25) is 0 Å². The van der Waals surface area contributed by atoms with E-state index in [1.165, 1.54) is 0 Å². The minimum Gasteiger partial charge on any atom is -0.255 e. The SMILES string of the molecule is Ic1ccccc1N=Cc1ccc(C=Nc2ccccc2I)cc1. The fourth-order valence-corrected chi connectivity index (χ4v) is 3.12. The minimum absolute atomic E-state index is 0.988. The molecule has 3 rings (SSSR count). The maximum Gasteiger partial charge on any atom is 0.0763 e. The highest BCUT2D eigenvalue weighted by Gasteiger charge is 1.96. The average molecular weight is 536 g/mol. The van der Waals surface area contributed by atoms with Crippen LogP contribution in [-0.2, 0) is 0 Å². The molecule has 0 spiro atoms. The lowest BCUT2D eigenvalue weighted by Crippen LogP contribution is -1.85. The van der Waals surface area contributed by atoms with Gasteiger partial charge < -0.3 is 0 Å². The molecule has 0 fully saturated rings. The van der Waals surface area contributed by atoms with Gasteiger partial charge in [-0.15, -0.1) is 0 Å². The third kappa shape index (κ3) is 4.73. The van der Waals surface area contributed by atoms with Gasteiger partial charge in [-0.3, -0.25) is 9.98 Å². The molecule has 0 atom stereocenters. The zero-order valence-electron chi connectivity index (χ0n) is 12.7. The van der Waals surface area contributed by atoms with Crippen molar-refractivity contribution in [1.82, 2.24) is 0 Å². The summed E-state index contributed by atoms with van der Waals surface area (Å²) in [6.45, 7) is 0. The molecule has 2 nitrogen and oxygen atoms in total. The van der Waals surface area contributed by atoms with E-state index in [1.807, 2.05) is 48.8 Å². The second kappa shape index (κ2) is 8.53. The molecule has 0 aliphatic rings. The standard InChI is InChI=1S/C20H14I2N2/c21-17-5-1-3-7-19(17)23-13-15-9-11-16(12-10-15)14-24-20-8-4-2-6-18(20)22/h1-14H. The zero-order chi connectivity index (χ0) is 16.8. The lowest BCUT2D eigenvalue weighted by Gasteiger charge is -1.99. The second-order valence-corrected chi connectivity index (χ2v) is 7.41. The molecule has 0 saturated carbocycles. The highest BCUT2D eigenvalue weighted by Crippen LogP contribution is 2.21. The molecule has 0 unspecified atom stereocenters. The molecule has 0 radical (unpaired) electrons. The van der Waals surface area contributed by atoms with Gasteiger partial charge in [0.25, 0.3) is 0 Å². The van der Waals surface area contributed by atoms with Gasteiger partial charge in [0.1, 0.15) is 0 Å². The number of halogens is 2. The first-order valence-electron chi connectivity index (χ1n) is 7.39. The number of aliphatic imine (C=N–C) groups is 2.